The van der Waals surface area contributed by atoms with Gasteiger partial charge in [-0.25, -0.2) is 5.01 Å². The molecule has 25 heavy (non-hydrogen) atoms. The van der Waals surface area contributed by atoms with E-state index in [1.807, 2.05) is 25.7 Å². The van der Waals surface area contributed by atoms with Gasteiger partial charge in [0.05, 0.1) is 0 Å². The van der Waals surface area contributed by atoms with E-state index in [0.717, 1.165) is 12.8 Å². The molecule has 0 bridgehead atoms. The van der Waals surface area contributed by atoms with Gasteiger partial charge < -0.3 is 9.42 Å². The first-order valence-electron chi connectivity index (χ1n) is 9.00. The van der Waals surface area contributed by atoms with Gasteiger partial charge in [0.1, 0.15) is 5.71 Å². The van der Waals surface area contributed by atoms with Crippen LogP contribution in [0.5, 0.6) is 0 Å². The number of amides is 2. The van der Waals surface area contributed by atoms with Crippen LogP contribution in [0.25, 0.3) is 0 Å². The highest BCUT2D eigenvalue weighted by Gasteiger charge is 2.32. The van der Waals surface area contributed by atoms with Gasteiger partial charge in [-0.2, -0.15) is 10.1 Å². The van der Waals surface area contributed by atoms with E-state index >= 15 is 0 Å². The van der Waals surface area contributed by atoms with E-state index in [9.17, 15) is 9.59 Å². The molecule has 0 saturated carbocycles. The van der Waals surface area contributed by atoms with E-state index in [4.69, 9.17) is 4.52 Å². The first-order chi connectivity index (χ1) is 12.0. The largest absolute Gasteiger partial charge is 0.339 e. The Kier molecular flexibility index (Phi) is 5.15. The van der Waals surface area contributed by atoms with Crippen molar-refractivity contribution in [3.8, 4) is 0 Å². The molecule has 1 aromatic heterocycles. The van der Waals surface area contributed by atoms with Crippen molar-refractivity contribution >= 4 is 17.5 Å². The number of likely N-dealkylation sites (tertiary alicyclic amines) is 1. The molecule has 0 spiro atoms. The van der Waals surface area contributed by atoms with E-state index in [1.165, 1.54) is 5.01 Å². The van der Waals surface area contributed by atoms with E-state index in [1.54, 1.807) is 0 Å². The number of carbonyl (C=O) groups is 2. The molecule has 136 valence electrons. The quantitative estimate of drug-likeness (QED) is 0.829. The standard InChI is InChI=1S/C17H25N5O3/c1-4-22-14(23)8-7-13(19-22)17(24)21-9-5-6-12(10-21)15-18-16(11(2)3)25-20-15/h11-12H,4-10H2,1-3H3/t12-/m0/s1. The van der Waals surface area contributed by atoms with Crippen molar-refractivity contribution in [3.05, 3.63) is 11.7 Å². The molecule has 0 N–H and O–H groups in total. The summed E-state index contributed by atoms with van der Waals surface area (Å²) in [7, 11) is 0. The predicted octanol–water partition coefficient (Wildman–Crippen LogP) is 1.90. The maximum atomic E-state index is 12.8. The van der Waals surface area contributed by atoms with Gasteiger partial charge in [-0.15, -0.1) is 0 Å². The summed E-state index contributed by atoms with van der Waals surface area (Å²) in [6.07, 6.45) is 2.59. The summed E-state index contributed by atoms with van der Waals surface area (Å²) in [5, 5.41) is 9.72. The monoisotopic (exact) mass is 347 g/mol. The number of nitrogens with zero attached hydrogens (tertiary/aromatic N) is 5. The molecule has 8 heteroatoms. The minimum Gasteiger partial charge on any atom is -0.339 e. The fourth-order valence-electron chi connectivity index (χ4n) is 3.21. The van der Waals surface area contributed by atoms with Crippen LogP contribution in [0.1, 0.15) is 70.0 Å². The van der Waals surface area contributed by atoms with Crippen LogP contribution in [0.15, 0.2) is 9.62 Å². The summed E-state index contributed by atoms with van der Waals surface area (Å²) in [5.41, 5.74) is 0.470. The predicted molar refractivity (Wildman–Crippen MR) is 91.0 cm³/mol. The minimum atomic E-state index is -0.0803. The van der Waals surface area contributed by atoms with Gasteiger partial charge in [-0.3, -0.25) is 9.59 Å². The Labute approximate surface area is 147 Å². The Morgan fingerprint density at radius 1 is 1.36 bits per heavy atom. The maximum Gasteiger partial charge on any atom is 0.270 e. The zero-order chi connectivity index (χ0) is 18.0. The van der Waals surface area contributed by atoms with Crippen molar-refractivity contribution in [2.75, 3.05) is 19.6 Å². The third-order valence-corrected chi connectivity index (χ3v) is 4.68. The van der Waals surface area contributed by atoms with Gasteiger partial charge in [-0.05, 0) is 19.8 Å². The third-order valence-electron chi connectivity index (χ3n) is 4.68. The first kappa shape index (κ1) is 17.6. The SMILES string of the molecule is CCN1N=C(C(=O)N2CCC[C@H](c3noc(C(C)C)n3)C2)CCC1=O. The van der Waals surface area contributed by atoms with Crippen LogP contribution in [-0.2, 0) is 9.59 Å². The van der Waals surface area contributed by atoms with Crippen LogP contribution >= 0.6 is 0 Å². The highest BCUT2D eigenvalue weighted by molar-refractivity contribution is 6.39. The van der Waals surface area contributed by atoms with Crippen molar-refractivity contribution in [1.82, 2.24) is 20.0 Å². The van der Waals surface area contributed by atoms with Gasteiger partial charge in [0.25, 0.3) is 5.91 Å². The van der Waals surface area contributed by atoms with E-state index in [2.05, 4.69) is 15.2 Å². The molecule has 0 unspecified atom stereocenters. The molecule has 2 amide bonds. The molecular weight excluding hydrogens is 322 g/mol. The van der Waals surface area contributed by atoms with Crippen LogP contribution in [0.3, 0.4) is 0 Å². The van der Waals surface area contributed by atoms with Gasteiger partial charge in [0, 0.05) is 44.3 Å². The van der Waals surface area contributed by atoms with E-state index in [0.29, 0.717) is 49.9 Å². The Bertz CT molecular complexity index is 682. The molecule has 2 aliphatic rings. The van der Waals surface area contributed by atoms with Crippen LogP contribution in [0.4, 0.5) is 0 Å². The molecule has 2 aliphatic heterocycles. The summed E-state index contributed by atoms with van der Waals surface area (Å²) < 4.78 is 5.30. The molecular formula is C17H25N5O3. The Morgan fingerprint density at radius 2 is 2.16 bits per heavy atom. The van der Waals surface area contributed by atoms with Crippen LogP contribution in [0, 0.1) is 0 Å². The molecule has 0 aromatic carbocycles. The molecule has 8 nitrogen and oxygen atoms in total. The molecule has 0 aliphatic carbocycles. The van der Waals surface area contributed by atoms with Crippen molar-refractivity contribution in [2.45, 2.75) is 58.3 Å². The summed E-state index contributed by atoms with van der Waals surface area (Å²) in [6, 6.07) is 0. The van der Waals surface area contributed by atoms with E-state index in [-0.39, 0.29) is 23.7 Å². The smallest absolute Gasteiger partial charge is 0.270 e. The Morgan fingerprint density at radius 3 is 2.84 bits per heavy atom. The van der Waals surface area contributed by atoms with E-state index < -0.39 is 0 Å². The third kappa shape index (κ3) is 3.72. The molecule has 3 rings (SSSR count). The lowest BCUT2D eigenvalue weighted by Gasteiger charge is -2.32. The van der Waals surface area contributed by atoms with Crippen molar-refractivity contribution in [3.63, 3.8) is 0 Å². The zero-order valence-electron chi connectivity index (χ0n) is 15.1. The number of hydrogen-bond acceptors (Lipinski definition) is 6. The highest BCUT2D eigenvalue weighted by Crippen LogP contribution is 2.26. The number of hydrazone groups is 1. The lowest BCUT2D eigenvalue weighted by atomic mass is 9.96. The van der Waals surface area contributed by atoms with Crippen molar-refractivity contribution in [2.24, 2.45) is 5.10 Å². The van der Waals surface area contributed by atoms with Gasteiger partial charge >= 0.3 is 0 Å². The number of hydrogen-bond donors (Lipinski definition) is 0. The summed E-state index contributed by atoms with van der Waals surface area (Å²) in [6.45, 7) is 7.62. The maximum absolute atomic E-state index is 12.8. The zero-order valence-corrected chi connectivity index (χ0v) is 15.1. The van der Waals surface area contributed by atoms with Crippen LogP contribution in [-0.4, -0.2) is 57.2 Å². The van der Waals surface area contributed by atoms with Crippen molar-refractivity contribution < 1.29 is 14.1 Å². The fourth-order valence-corrected chi connectivity index (χ4v) is 3.21. The summed E-state index contributed by atoms with van der Waals surface area (Å²) in [4.78, 5) is 30.8. The Balaban J connectivity index is 1.70. The van der Waals surface area contributed by atoms with Crippen LogP contribution in [0.2, 0.25) is 0 Å². The van der Waals surface area contributed by atoms with Crippen molar-refractivity contribution in [1.29, 1.82) is 0 Å². The average Bonchev–Trinajstić information content (AvgIpc) is 3.12. The minimum absolute atomic E-state index is 0.0245. The molecule has 3 heterocycles. The lowest BCUT2D eigenvalue weighted by molar-refractivity contribution is -0.132. The second-order valence-electron chi connectivity index (χ2n) is 6.89. The van der Waals surface area contributed by atoms with Gasteiger partial charge in [0.15, 0.2) is 5.82 Å². The summed E-state index contributed by atoms with van der Waals surface area (Å²) in [5.74, 6) is 1.48. The lowest BCUT2D eigenvalue weighted by Crippen LogP contribution is -2.45. The number of rotatable bonds is 4. The normalized spacial score (nSPS) is 21.7. The van der Waals surface area contributed by atoms with Gasteiger partial charge in [0.2, 0.25) is 11.8 Å². The molecule has 1 aromatic rings. The number of piperidine rings is 1. The Hall–Kier alpha value is -2.25. The molecule has 1 saturated heterocycles. The topological polar surface area (TPSA) is 91.9 Å². The average molecular weight is 347 g/mol. The molecule has 1 fully saturated rings. The molecule has 0 radical (unpaired) electrons. The van der Waals surface area contributed by atoms with Crippen LogP contribution < -0.4 is 0 Å². The summed E-state index contributed by atoms with van der Waals surface area (Å²) >= 11 is 0. The number of carbonyl (C=O) groups excluding carboxylic acids is 2. The first-order valence-corrected chi connectivity index (χ1v) is 9.00. The highest BCUT2D eigenvalue weighted by atomic mass is 16.5. The second-order valence-corrected chi connectivity index (χ2v) is 6.89. The van der Waals surface area contributed by atoms with Gasteiger partial charge in [-0.1, -0.05) is 19.0 Å². The molecule has 1 atom stereocenters. The second kappa shape index (κ2) is 7.33. The fraction of sp³-hybridized carbons (Fsp3) is 0.706. The number of aromatic nitrogens is 2.